The minimum Gasteiger partial charge on any atom is -0.375 e. The van der Waals surface area contributed by atoms with Crippen LogP contribution < -0.4 is 5.73 Å². The second-order valence-electron chi connectivity index (χ2n) is 5.60. The van der Waals surface area contributed by atoms with Gasteiger partial charge in [0.25, 0.3) is 5.91 Å². The predicted octanol–water partition coefficient (Wildman–Crippen LogP) is 1.99. The number of hydrogen-bond acceptors (Lipinski definition) is 5. The Morgan fingerprint density at radius 1 is 1.23 bits per heavy atom. The van der Waals surface area contributed by atoms with Crippen LogP contribution >= 0.6 is 11.3 Å². The topological polar surface area (TPSA) is 62.5 Å². The number of hydrogen-bond donors (Lipinski definition) is 1. The normalized spacial score (nSPS) is 16.0. The number of anilines is 1. The van der Waals surface area contributed by atoms with Crippen molar-refractivity contribution in [2.45, 2.75) is 13.5 Å². The molecule has 1 fully saturated rings. The summed E-state index contributed by atoms with van der Waals surface area (Å²) in [5, 5.41) is 0.614. The molecule has 2 N–H and O–H groups in total. The fourth-order valence-electron chi connectivity index (χ4n) is 2.60. The number of rotatable bonds is 3. The van der Waals surface area contributed by atoms with E-state index in [0.29, 0.717) is 5.13 Å². The highest BCUT2D eigenvalue weighted by atomic mass is 32.1. The van der Waals surface area contributed by atoms with E-state index in [4.69, 9.17) is 5.73 Å². The molecule has 0 spiro atoms. The van der Waals surface area contributed by atoms with Crippen molar-refractivity contribution in [3.8, 4) is 0 Å². The maximum Gasteiger partial charge on any atom is 0.253 e. The maximum atomic E-state index is 12.5. The summed E-state index contributed by atoms with van der Waals surface area (Å²) >= 11 is 1.53. The summed E-state index contributed by atoms with van der Waals surface area (Å²) < 4.78 is 0. The molecule has 3 rings (SSSR count). The predicted molar refractivity (Wildman–Crippen MR) is 88.9 cm³/mol. The van der Waals surface area contributed by atoms with Crippen LogP contribution in [-0.4, -0.2) is 46.9 Å². The van der Waals surface area contributed by atoms with E-state index in [9.17, 15) is 4.79 Å². The minimum absolute atomic E-state index is 0.127. The lowest BCUT2D eigenvalue weighted by molar-refractivity contribution is 0.0629. The van der Waals surface area contributed by atoms with E-state index in [-0.39, 0.29) is 5.91 Å². The zero-order valence-electron chi connectivity index (χ0n) is 12.7. The number of aryl methyl sites for hydroxylation is 1. The lowest BCUT2D eigenvalue weighted by Crippen LogP contribution is -2.48. The summed E-state index contributed by atoms with van der Waals surface area (Å²) in [5.74, 6) is 0.127. The SMILES string of the molecule is Cc1ccc(C(=O)N2CCN(Cc3cnc(N)s3)CC2)cc1. The molecule has 1 aromatic heterocycles. The summed E-state index contributed by atoms with van der Waals surface area (Å²) in [6.07, 6.45) is 1.84. The Bertz CT molecular complexity index is 644. The number of piperazine rings is 1. The molecule has 0 aliphatic carbocycles. The van der Waals surface area contributed by atoms with Crippen molar-refractivity contribution < 1.29 is 4.79 Å². The van der Waals surface area contributed by atoms with Gasteiger partial charge in [-0.25, -0.2) is 4.98 Å². The quantitative estimate of drug-likeness (QED) is 0.941. The highest BCUT2D eigenvalue weighted by Gasteiger charge is 2.22. The van der Waals surface area contributed by atoms with Gasteiger partial charge < -0.3 is 10.6 Å². The maximum absolute atomic E-state index is 12.5. The number of nitrogens with two attached hydrogens (primary N) is 1. The van der Waals surface area contributed by atoms with Gasteiger partial charge in [0.15, 0.2) is 5.13 Å². The fourth-order valence-corrected chi connectivity index (χ4v) is 3.33. The third-order valence-corrected chi connectivity index (χ3v) is 4.72. The number of nitrogens with zero attached hydrogens (tertiary/aromatic N) is 3. The largest absolute Gasteiger partial charge is 0.375 e. The summed E-state index contributed by atoms with van der Waals surface area (Å²) in [5.41, 5.74) is 7.60. The van der Waals surface area contributed by atoms with Gasteiger partial charge in [0.2, 0.25) is 0 Å². The third-order valence-electron chi connectivity index (χ3n) is 3.91. The molecule has 1 saturated heterocycles. The first-order valence-electron chi connectivity index (χ1n) is 7.40. The average Bonchev–Trinajstić information content (AvgIpc) is 2.93. The molecule has 0 radical (unpaired) electrons. The molecule has 0 atom stereocenters. The Morgan fingerprint density at radius 2 is 1.91 bits per heavy atom. The van der Waals surface area contributed by atoms with Crippen LogP contribution in [0, 0.1) is 6.92 Å². The number of thiazole rings is 1. The van der Waals surface area contributed by atoms with Crippen LogP contribution in [0.3, 0.4) is 0 Å². The zero-order chi connectivity index (χ0) is 15.5. The van der Waals surface area contributed by atoms with Gasteiger partial charge in [0.05, 0.1) is 0 Å². The summed E-state index contributed by atoms with van der Waals surface area (Å²) in [6.45, 7) is 6.19. The molecule has 1 amide bonds. The molecule has 22 heavy (non-hydrogen) atoms. The van der Waals surface area contributed by atoms with E-state index in [1.807, 2.05) is 42.3 Å². The van der Waals surface area contributed by atoms with Crippen molar-refractivity contribution in [2.75, 3.05) is 31.9 Å². The molecule has 0 bridgehead atoms. The molecule has 1 aliphatic rings. The van der Waals surface area contributed by atoms with Crippen molar-refractivity contribution in [3.63, 3.8) is 0 Å². The van der Waals surface area contributed by atoms with Crippen LogP contribution in [0.15, 0.2) is 30.5 Å². The Kier molecular flexibility index (Phi) is 4.40. The molecular formula is C16H20N4OS. The van der Waals surface area contributed by atoms with Crippen LogP contribution in [0.2, 0.25) is 0 Å². The van der Waals surface area contributed by atoms with Gasteiger partial charge in [-0.15, -0.1) is 11.3 Å². The Labute approximate surface area is 134 Å². The van der Waals surface area contributed by atoms with Crippen LogP contribution in [0.4, 0.5) is 5.13 Å². The zero-order valence-corrected chi connectivity index (χ0v) is 13.5. The van der Waals surface area contributed by atoms with Gasteiger partial charge in [-0.1, -0.05) is 17.7 Å². The number of benzene rings is 1. The van der Waals surface area contributed by atoms with E-state index in [1.54, 1.807) is 0 Å². The number of nitrogen functional groups attached to an aromatic ring is 1. The van der Waals surface area contributed by atoms with Crippen molar-refractivity contribution in [2.24, 2.45) is 0 Å². The number of aromatic nitrogens is 1. The van der Waals surface area contributed by atoms with Crippen LogP contribution in [0.5, 0.6) is 0 Å². The first-order chi connectivity index (χ1) is 10.6. The molecule has 6 heteroatoms. The second kappa shape index (κ2) is 6.46. The summed E-state index contributed by atoms with van der Waals surface area (Å²) in [6, 6.07) is 7.78. The fraction of sp³-hybridized carbons (Fsp3) is 0.375. The lowest BCUT2D eigenvalue weighted by atomic mass is 10.1. The van der Waals surface area contributed by atoms with Crippen molar-refractivity contribution in [1.29, 1.82) is 0 Å². The Balaban J connectivity index is 1.55. The molecule has 5 nitrogen and oxygen atoms in total. The van der Waals surface area contributed by atoms with Gasteiger partial charge in [-0.2, -0.15) is 0 Å². The van der Waals surface area contributed by atoms with Crippen LogP contribution in [-0.2, 0) is 6.54 Å². The first-order valence-corrected chi connectivity index (χ1v) is 8.22. The highest BCUT2D eigenvalue weighted by molar-refractivity contribution is 7.15. The Morgan fingerprint density at radius 3 is 2.50 bits per heavy atom. The number of carbonyl (C=O) groups excluding carboxylic acids is 1. The van der Waals surface area contributed by atoms with Gasteiger partial charge >= 0.3 is 0 Å². The second-order valence-corrected chi connectivity index (χ2v) is 6.75. The molecule has 2 aromatic rings. The van der Waals surface area contributed by atoms with Crippen LogP contribution in [0.1, 0.15) is 20.8 Å². The smallest absolute Gasteiger partial charge is 0.253 e. The standard InChI is InChI=1S/C16H20N4OS/c1-12-2-4-13(5-3-12)15(21)20-8-6-19(7-9-20)11-14-10-18-16(17)22-14/h2-5,10H,6-9,11H2,1H3,(H2,17,18). The molecule has 1 aromatic carbocycles. The van der Waals surface area contributed by atoms with E-state index in [1.165, 1.54) is 21.8 Å². The summed E-state index contributed by atoms with van der Waals surface area (Å²) in [7, 11) is 0. The van der Waals surface area contributed by atoms with E-state index >= 15 is 0 Å². The lowest BCUT2D eigenvalue weighted by Gasteiger charge is -2.34. The van der Waals surface area contributed by atoms with E-state index in [2.05, 4.69) is 9.88 Å². The van der Waals surface area contributed by atoms with Gasteiger partial charge in [-0.3, -0.25) is 9.69 Å². The molecule has 1 aliphatic heterocycles. The average molecular weight is 316 g/mol. The molecule has 2 heterocycles. The van der Waals surface area contributed by atoms with E-state index < -0.39 is 0 Å². The third kappa shape index (κ3) is 3.45. The van der Waals surface area contributed by atoms with Gasteiger partial charge in [0.1, 0.15) is 0 Å². The monoisotopic (exact) mass is 316 g/mol. The first kappa shape index (κ1) is 15.0. The van der Waals surface area contributed by atoms with E-state index in [0.717, 1.165) is 38.3 Å². The number of amides is 1. The highest BCUT2D eigenvalue weighted by Crippen LogP contribution is 2.18. The summed E-state index contributed by atoms with van der Waals surface area (Å²) in [4.78, 5) is 22.0. The minimum atomic E-state index is 0.127. The molecule has 0 unspecified atom stereocenters. The van der Waals surface area contributed by atoms with Gasteiger partial charge in [0, 0.05) is 49.4 Å². The van der Waals surface area contributed by atoms with Crippen molar-refractivity contribution >= 4 is 22.4 Å². The molecule has 0 saturated carbocycles. The van der Waals surface area contributed by atoms with Crippen LogP contribution in [0.25, 0.3) is 0 Å². The molecular weight excluding hydrogens is 296 g/mol. The number of carbonyl (C=O) groups is 1. The van der Waals surface area contributed by atoms with Crippen molar-refractivity contribution in [1.82, 2.24) is 14.8 Å². The molecule has 116 valence electrons. The van der Waals surface area contributed by atoms with Gasteiger partial charge in [-0.05, 0) is 19.1 Å². The Hall–Kier alpha value is -1.92. The van der Waals surface area contributed by atoms with Crippen molar-refractivity contribution in [3.05, 3.63) is 46.5 Å².